The average molecular weight is 332 g/mol. The summed E-state index contributed by atoms with van der Waals surface area (Å²) in [6.45, 7) is 1.83. The molecular weight excluding hydrogens is 322 g/mol. The Morgan fingerprint density at radius 3 is 2.77 bits per heavy atom. The number of benzene rings is 1. The van der Waals surface area contributed by atoms with E-state index in [9.17, 15) is 0 Å². The average Bonchev–Trinajstić information content (AvgIpc) is 3.13. The van der Waals surface area contributed by atoms with Crippen molar-refractivity contribution < 1.29 is 4.52 Å². The Morgan fingerprint density at radius 1 is 1.23 bits per heavy atom. The van der Waals surface area contributed by atoms with E-state index in [1.807, 2.05) is 37.3 Å². The molecule has 0 radical (unpaired) electrons. The Morgan fingerprint density at radius 2 is 2.05 bits per heavy atom. The number of nitrogens with zero attached hydrogens (tertiary/aromatic N) is 5. The molecule has 0 N–H and O–H groups in total. The van der Waals surface area contributed by atoms with Crippen LogP contribution in [0.3, 0.4) is 0 Å². The molecule has 3 aromatic rings. The second-order valence-electron chi connectivity index (χ2n) is 4.78. The van der Waals surface area contributed by atoms with Gasteiger partial charge in [-0.1, -0.05) is 40.7 Å². The van der Waals surface area contributed by atoms with E-state index >= 15 is 0 Å². The normalized spacial score (nSPS) is 13.8. The van der Waals surface area contributed by atoms with E-state index in [4.69, 9.17) is 16.1 Å². The first-order valence-electron chi connectivity index (χ1n) is 6.56. The molecule has 1 aromatic carbocycles. The summed E-state index contributed by atoms with van der Waals surface area (Å²) in [7, 11) is 0. The zero-order chi connectivity index (χ0) is 15.1. The molecule has 0 atom stereocenters. The molecule has 0 saturated carbocycles. The van der Waals surface area contributed by atoms with Crippen LogP contribution < -0.4 is 0 Å². The predicted molar refractivity (Wildman–Crippen MR) is 84.4 cm³/mol. The molecule has 0 saturated heterocycles. The number of aryl methyl sites for hydroxylation is 1. The minimum atomic E-state index is 0.575. The topological polar surface area (TPSA) is 69.1 Å². The maximum absolute atomic E-state index is 5.93. The fraction of sp³-hybridized carbons (Fsp3) is 0.143. The molecule has 2 aromatic heterocycles. The van der Waals surface area contributed by atoms with E-state index in [-0.39, 0.29) is 0 Å². The Balaban J connectivity index is 1.78. The number of hydrogen-bond acceptors (Lipinski definition) is 6. The van der Waals surface area contributed by atoms with Gasteiger partial charge in [0.25, 0.3) is 0 Å². The number of fused-ring (bicyclic) bond motifs is 1. The lowest BCUT2D eigenvalue weighted by atomic mass is 10.1. The third-order valence-corrected chi connectivity index (χ3v) is 4.39. The minimum absolute atomic E-state index is 0.575. The van der Waals surface area contributed by atoms with E-state index in [2.05, 4.69) is 20.5 Å². The fourth-order valence-electron chi connectivity index (χ4n) is 2.14. The minimum Gasteiger partial charge on any atom is -0.361 e. The Hall–Kier alpha value is -2.12. The highest BCUT2D eigenvalue weighted by atomic mass is 35.5. The standard InChI is InChI=1S/C14H10ClN5OS/c1-8-6-11(19-21-8)13-16-17-14-20(13)18-12(7-22-14)9-2-4-10(15)5-3-9/h2-6H,7H2,1H3. The number of halogens is 1. The van der Waals surface area contributed by atoms with Crippen LogP contribution in [0, 0.1) is 6.92 Å². The van der Waals surface area contributed by atoms with Crippen molar-refractivity contribution in [2.45, 2.75) is 12.1 Å². The number of thioether (sulfide) groups is 1. The van der Waals surface area contributed by atoms with Gasteiger partial charge in [-0.2, -0.15) is 9.78 Å². The number of rotatable bonds is 2. The Kier molecular flexibility index (Phi) is 3.24. The van der Waals surface area contributed by atoms with Crippen molar-refractivity contribution in [3.63, 3.8) is 0 Å². The van der Waals surface area contributed by atoms with Crippen molar-refractivity contribution in [3.8, 4) is 11.5 Å². The molecule has 6 nitrogen and oxygen atoms in total. The zero-order valence-corrected chi connectivity index (χ0v) is 13.1. The molecule has 4 rings (SSSR count). The number of hydrogen-bond donors (Lipinski definition) is 0. The van der Waals surface area contributed by atoms with Crippen LogP contribution in [0.4, 0.5) is 0 Å². The summed E-state index contributed by atoms with van der Waals surface area (Å²) in [6, 6.07) is 9.43. The third-order valence-electron chi connectivity index (χ3n) is 3.21. The van der Waals surface area contributed by atoms with Gasteiger partial charge >= 0.3 is 0 Å². The van der Waals surface area contributed by atoms with E-state index in [0.29, 0.717) is 16.5 Å². The molecule has 0 bridgehead atoms. The van der Waals surface area contributed by atoms with Gasteiger partial charge in [0.2, 0.25) is 11.0 Å². The highest BCUT2D eigenvalue weighted by Crippen LogP contribution is 2.28. The van der Waals surface area contributed by atoms with Gasteiger partial charge < -0.3 is 4.52 Å². The lowest BCUT2D eigenvalue weighted by molar-refractivity contribution is 0.399. The van der Waals surface area contributed by atoms with Crippen LogP contribution in [0.1, 0.15) is 11.3 Å². The van der Waals surface area contributed by atoms with Gasteiger partial charge in [0.05, 0.1) is 5.71 Å². The van der Waals surface area contributed by atoms with Gasteiger partial charge in [0, 0.05) is 16.8 Å². The van der Waals surface area contributed by atoms with Crippen molar-refractivity contribution in [3.05, 3.63) is 46.7 Å². The molecular formula is C14H10ClN5OS. The van der Waals surface area contributed by atoms with Crippen LogP contribution in [0.5, 0.6) is 0 Å². The Labute approximate surface area is 135 Å². The molecule has 110 valence electrons. The van der Waals surface area contributed by atoms with Crippen molar-refractivity contribution >= 4 is 29.1 Å². The van der Waals surface area contributed by atoms with Gasteiger partial charge in [-0.25, -0.2) is 0 Å². The highest BCUT2D eigenvalue weighted by Gasteiger charge is 2.22. The van der Waals surface area contributed by atoms with Crippen LogP contribution in [-0.4, -0.2) is 31.5 Å². The number of aromatic nitrogens is 4. The largest absolute Gasteiger partial charge is 0.361 e. The van der Waals surface area contributed by atoms with E-state index in [1.165, 1.54) is 0 Å². The third kappa shape index (κ3) is 2.32. The summed E-state index contributed by atoms with van der Waals surface area (Å²) < 4.78 is 6.81. The fourth-order valence-corrected chi connectivity index (χ4v) is 3.11. The lowest BCUT2D eigenvalue weighted by Gasteiger charge is -2.13. The van der Waals surface area contributed by atoms with E-state index < -0.39 is 0 Å². The molecule has 0 aliphatic carbocycles. The summed E-state index contributed by atoms with van der Waals surface area (Å²) >= 11 is 7.52. The first-order valence-corrected chi connectivity index (χ1v) is 7.93. The Bertz CT molecular complexity index is 868. The second-order valence-corrected chi connectivity index (χ2v) is 6.16. The van der Waals surface area contributed by atoms with Crippen molar-refractivity contribution in [2.24, 2.45) is 5.10 Å². The molecule has 1 aliphatic heterocycles. The van der Waals surface area contributed by atoms with Gasteiger partial charge in [0.15, 0.2) is 5.69 Å². The molecule has 3 heterocycles. The maximum atomic E-state index is 5.93. The van der Waals surface area contributed by atoms with Crippen LogP contribution in [0.2, 0.25) is 5.02 Å². The highest BCUT2D eigenvalue weighted by molar-refractivity contribution is 7.99. The monoisotopic (exact) mass is 331 g/mol. The molecule has 0 unspecified atom stereocenters. The van der Waals surface area contributed by atoms with Crippen molar-refractivity contribution in [1.29, 1.82) is 0 Å². The van der Waals surface area contributed by atoms with E-state index in [0.717, 1.165) is 27.9 Å². The summed E-state index contributed by atoms with van der Waals surface area (Å²) in [6.07, 6.45) is 0. The molecule has 0 amide bonds. The second kappa shape index (κ2) is 5.26. The molecule has 0 fully saturated rings. The van der Waals surface area contributed by atoms with Crippen molar-refractivity contribution in [2.75, 3.05) is 5.75 Å². The van der Waals surface area contributed by atoms with Crippen LogP contribution in [-0.2, 0) is 0 Å². The lowest BCUT2D eigenvalue weighted by Crippen LogP contribution is -2.13. The van der Waals surface area contributed by atoms with Crippen LogP contribution in [0.25, 0.3) is 11.5 Å². The first kappa shape index (κ1) is 13.5. The summed E-state index contributed by atoms with van der Waals surface area (Å²) in [5, 5.41) is 18.4. The molecule has 8 heteroatoms. The van der Waals surface area contributed by atoms with Gasteiger partial charge in [-0.3, -0.25) is 0 Å². The quantitative estimate of drug-likeness (QED) is 0.721. The van der Waals surface area contributed by atoms with Crippen LogP contribution in [0.15, 0.2) is 45.1 Å². The maximum Gasteiger partial charge on any atom is 0.212 e. The smallest absolute Gasteiger partial charge is 0.212 e. The first-order chi connectivity index (χ1) is 10.7. The van der Waals surface area contributed by atoms with Crippen LogP contribution >= 0.6 is 23.4 Å². The molecule has 0 spiro atoms. The molecule has 22 heavy (non-hydrogen) atoms. The predicted octanol–water partition coefficient (Wildman–Crippen LogP) is 3.25. The summed E-state index contributed by atoms with van der Waals surface area (Å²) in [5.41, 5.74) is 2.59. The zero-order valence-electron chi connectivity index (χ0n) is 11.5. The van der Waals surface area contributed by atoms with E-state index in [1.54, 1.807) is 16.4 Å². The van der Waals surface area contributed by atoms with Gasteiger partial charge in [-0.05, 0) is 24.6 Å². The van der Waals surface area contributed by atoms with Gasteiger partial charge in [-0.15, -0.1) is 10.2 Å². The SMILES string of the molecule is Cc1cc(-c2nnc3n2N=C(c2ccc(Cl)cc2)CS3)no1. The van der Waals surface area contributed by atoms with Crippen molar-refractivity contribution in [1.82, 2.24) is 20.0 Å². The van der Waals surface area contributed by atoms with Gasteiger partial charge in [0.1, 0.15) is 5.76 Å². The molecule has 1 aliphatic rings. The summed E-state index contributed by atoms with van der Waals surface area (Å²) in [4.78, 5) is 0. The summed E-state index contributed by atoms with van der Waals surface area (Å²) in [5.74, 6) is 2.03.